The average Bonchev–Trinajstić information content (AvgIpc) is 3.61. The SMILES string of the molecule is COc1ccc2c(c1)sc1nc(-c3ccc(C)cc3)c(CN3CCN(C(=O)c4cccs4)CC3)n12. The quantitative estimate of drug-likeness (QED) is 0.316. The number of carbonyl (C=O) groups excluding carboxylic acids is 1. The molecule has 8 heteroatoms. The second kappa shape index (κ2) is 9.11. The minimum absolute atomic E-state index is 0.143. The van der Waals surface area contributed by atoms with Crippen LogP contribution < -0.4 is 4.74 Å². The van der Waals surface area contributed by atoms with E-state index in [0.717, 1.165) is 69.8 Å². The number of carbonyl (C=O) groups is 1. The number of nitrogens with zero attached hydrogens (tertiary/aromatic N) is 4. The van der Waals surface area contributed by atoms with E-state index in [0.29, 0.717) is 0 Å². The lowest BCUT2D eigenvalue weighted by Crippen LogP contribution is -2.48. The van der Waals surface area contributed by atoms with Crippen LogP contribution in [0.5, 0.6) is 5.75 Å². The second-order valence-electron chi connectivity index (χ2n) is 8.87. The van der Waals surface area contributed by atoms with Gasteiger partial charge in [0, 0.05) is 38.3 Å². The van der Waals surface area contributed by atoms with E-state index in [-0.39, 0.29) is 5.91 Å². The van der Waals surface area contributed by atoms with Crippen molar-refractivity contribution in [3.05, 3.63) is 76.1 Å². The lowest BCUT2D eigenvalue weighted by atomic mass is 10.1. The number of ether oxygens (including phenoxy) is 1. The molecule has 1 amide bonds. The Kier molecular flexibility index (Phi) is 5.80. The van der Waals surface area contributed by atoms with Gasteiger partial charge < -0.3 is 9.64 Å². The Morgan fingerprint density at radius 1 is 1.06 bits per heavy atom. The fourth-order valence-corrected chi connectivity index (χ4v) is 6.46. The highest BCUT2D eigenvalue weighted by Gasteiger charge is 2.26. The van der Waals surface area contributed by atoms with Gasteiger partial charge in [-0.05, 0) is 36.6 Å². The van der Waals surface area contributed by atoms with Gasteiger partial charge in [0.15, 0.2) is 4.96 Å². The molecule has 35 heavy (non-hydrogen) atoms. The highest BCUT2D eigenvalue weighted by atomic mass is 32.1. The van der Waals surface area contributed by atoms with E-state index >= 15 is 0 Å². The molecule has 4 heterocycles. The maximum absolute atomic E-state index is 12.8. The molecular weight excluding hydrogens is 476 g/mol. The number of rotatable bonds is 5. The summed E-state index contributed by atoms with van der Waals surface area (Å²) in [6.45, 7) is 6.04. The third-order valence-electron chi connectivity index (χ3n) is 6.64. The van der Waals surface area contributed by atoms with Crippen LogP contribution in [0.1, 0.15) is 20.9 Å². The Balaban J connectivity index is 1.34. The molecule has 1 aliphatic heterocycles. The first kappa shape index (κ1) is 22.3. The Labute approximate surface area is 212 Å². The Morgan fingerprint density at radius 3 is 2.57 bits per heavy atom. The van der Waals surface area contributed by atoms with Gasteiger partial charge in [0.05, 0.1) is 33.6 Å². The first-order valence-corrected chi connectivity index (χ1v) is 13.4. The van der Waals surface area contributed by atoms with Crippen LogP contribution in [0, 0.1) is 6.92 Å². The molecule has 178 valence electrons. The Hall–Kier alpha value is -3.20. The summed E-state index contributed by atoms with van der Waals surface area (Å²) in [5, 5.41) is 1.96. The summed E-state index contributed by atoms with van der Waals surface area (Å²) < 4.78 is 8.91. The molecule has 0 unspecified atom stereocenters. The number of aromatic nitrogens is 2. The smallest absolute Gasteiger partial charge is 0.264 e. The van der Waals surface area contributed by atoms with Crippen molar-refractivity contribution in [2.75, 3.05) is 33.3 Å². The summed E-state index contributed by atoms with van der Waals surface area (Å²) in [6, 6.07) is 18.7. The molecule has 3 aromatic heterocycles. The maximum Gasteiger partial charge on any atom is 0.264 e. The molecule has 5 aromatic rings. The zero-order valence-corrected chi connectivity index (χ0v) is 21.4. The zero-order valence-electron chi connectivity index (χ0n) is 19.7. The largest absolute Gasteiger partial charge is 0.497 e. The number of hydrogen-bond donors (Lipinski definition) is 0. The zero-order chi connectivity index (χ0) is 23.9. The number of hydrogen-bond acceptors (Lipinski definition) is 6. The van der Waals surface area contributed by atoms with Crippen LogP contribution >= 0.6 is 22.7 Å². The van der Waals surface area contributed by atoms with Gasteiger partial charge in [-0.1, -0.05) is 47.2 Å². The molecule has 6 rings (SSSR count). The Bertz CT molecular complexity index is 1490. The van der Waals surface area contributed by atoms with Gasteiger partial charge in [0.1, 0.15) is 5.75 Å². The van der Waals surface area contributed by atoms with Gasteiger partial charge in [-0.2, -0.15) is 0 Å². The van der Waals surface area contributed by atoms with Crippen molar-refractivity contribution < 1.29 is 9.53 Å². The molecule has 0 radical (unpaired) electrons. The van der Waals surface area contributed by atoms with Crippen LogP contribution in [0.2, 0.25) is 0 Å². The molecule has 2 aromatic carbocycles. The van der Waals surface area contributed by atoms with Crippen molar-refractivity contribution in [1.29, 1.82) is 0 Å². The molecule has 0 saturated carbocycles. The molecule has 1 saturated heterocycles. The van der Waals surface area contributed by atoms with E-state index < -0.39 is 0 Å². The predicted octanol–water partition coefficient (Wildman–Crippen LogP) is 5.55. The number of amides is 1. The van der Waals surface area contributed by atoms with E-state index in [9.17, 15) is 4.79 Å². The minimum atomic E-state index is 0.143. The number of imidazole rings is 1. The first-order chi connectivity index (χ1) is 17.1. The van der Waals surface area contributed by atoms with E-state index in [2.05, 4.69) is 52.6 Å². The highest BCUT2D eigenvalue weighted by Crippen LogP contribution is 2.35. The normalized spacial score (nSPS) is 14.7. The van der Waals surface area contributed by atoms with E-state index in [1.165, 1.54) is 22.6 Å². The van der Waals surface area contributed by atoms with Crippen molar-refractivity contribution in [1.82, 2.24) is 19.2 Å². The first-order valence-electron chi connectivity index (χ1n) is 11.7. The van der Waals surface area contributed by atoms with E-state index in [1.807, 2.05) is 28.5 Å². The van der Waals surface area contributed by atoms with Gasteiger partial charge >= 0.3 is 0 Å². The van der Waals surface area contributed by atoms with Gasteiger partial charge in [-0.3, -0.25) is 14.1 Å². The number of thiazole rings is 1. The molecule has 0 aliphatic carbocycles. The average molecular weight is 503 g/mol. The molecule has 1 aliphatic rings. The summed E-state index contributed by atoms with van der Waals surface area (Å²) in [4.78, 5) is 24.1. The third-order valence-corrected chi connectivity index (χ3v) is 8.50. The monoisotopic (exact) mass is 502 g/mol. The highest BCUT2D eigenvalue weighted by molar-refractivity contribution is 7.23. The van der Waals surface area contributed by atoms with Crippen LogP contribution in [0.15, 0.2) is 60.0 Å². The Morgan fingerprint density at radius 2 is 1.86 bits per heavy atom. The number of fused-ring (bicyclic) bond motifs is 3. The van der Waals surface area contributed by atoms with Crippen molar-refractivity contribution in [3.63, 3.8) is 0 Å². The summed E-state index contributed by atoms with van der Waals surface area (Å²) in [5.74, 6) is 0.998. The molecular formula is C27H26N4O2S2. The van der Waals surface area contributed by atoms with Crippen LogP contribution in [0.25, 0.3) is 26.4 Å². The fourth-order valence-electron chi connectivity index (χ4n) is 4.70. The topological polar surface area (TPSA) is 50.1 Å². The summed E-state index contributed by atoms with van der Waals surface area (Å²) >= 11 is 3.20. The van der Waals surface area contributed by atoms with Crippen molar-refractivity contribution in [3.8, 4) is 17.0 Å². The third kappa shape index (κ3) is 4.11. The lowest BCUT2D eigenvalue weighted by Gasteiger charge is -2.34. The number of methoxy groups -OCH3 is 1. The van der Waals surface area contributed by atoms with Crippen LogP contribution in [-0.4, -0.2) is 58.4 Å². The van der Waals surface area contributed by atoms with Crippen LogP contribution in [0.4, 0.5) is 0 Å². The van der Waals surface area contributed by atoms with Crippen molar-refractivity contribution in [2.45, 2.75) is 13.5 Å². The molecule has 0 N–H and O–H groups in total. The van der Waals surface area contributed by atoms with Gasteiger partial charge in [-0.25, -0.2) is 4.98 Å². The number of benzene rings is 2. The van der Waals surface area contributed by atoms with E-state index in [1.54, 1.807) is 18.4 Å². The van der Waals surface area contributed by atoms with E-state index in [4.69, 9.17) is 9.72 Å². The molecule has 6 nitrogen and oxygen atoms in total. The lowest BCUT2D eigenvalue weighted by molar-refractivity contribution is 0.0632. The molecule has 1 fully saturated rings. The number of thiophene rings is 1. The fraction of sp³-hybridized carbons (Fsp3) is 0.259. The van der Waals surface area contributed by atoms with Gasteiger partial charge in [0.2, 0.25) is 0 Å². The van der Waals surface area contributed by atoms with Gasteiger partial charge in [-0.15, -0.1) is 11.3 Å². The predicted molar refractivity (Wildman–Crippen MR) is 143 cm³/mol. The minimum Gasteiger partial charge on any atom is -0.497 e. The second-order valence-corrected chi connectivity index (χ2v) is 10.8. The standard InChI is InChI=1S/C27H26N4O2S2/c1-18-5-7-19(8-6-18)25-22(31-21-10-9-20(33-2)16-24(21)35-27(31)28-25)17-29-11-13-30(14-12-29)26(32)23-4-3-15-34-23/h3-10,15-16H,11-14,17H2,1-2H3. The van der Waals surface area contributed by atoms with Crippen LogP contribution in [-0.2, 0) is 6.54 Å². The van der Waals surface area contributed by atoms with Crippen LogP contribution in [0.3, 0.4) is 0 Å². The van der Waals surface area contributed by atoms with Crippen molar-refractivity contribution in [2.24, 2.45) is 0 Å². The summed E-state index contributed by atoms with van der Waals surface area (Å²) in [7, 11) is 1.70. The summed E-state index contributed by atoms with van der Waals surface area (Å²) in [5.41, 5.74) is 5.75. The number of piperazine rings is 1. The molecule has 0 bridgehead atoms. The van der Waals surface area contributed by atoms with Crippen molar-refractivity contribution >= 4 is 43.8 Å². The number of aryl methyl sites for hydroxylation is 1. The maximum atomic E-state index is 12.8. The molecule has 0 spiro atoms. The summed E-state index contributed by atoms with van der Waals surface area (Å²) in [6.07, 6.45) is 0. The molecule has 0 atom stereocenters. The van der Waals surface area contributed by atoms with Gasteiger partial charge in [0.25, 0.3) is 5.91 Å².